The third kappa shape index (κ3) is 4.34. The van der Waals surface area contributed by atoms with Crippen LogP contribution in [0.25, 0.3) is 0 Å². The molecule has 3 rings (SSSR count). The summed E-state index contributed by atoms with van der Waals surface area (Å²) >= 11 is 0. The number of alkyl halides is 3. The minimum Gasteiger partial charge on any atom is -0.484 e. The maximum atomic E-state index is 12.7. The predicted octanol–water partition coefficient (Wildman–Crippen LogP) is 2.87. The number of nitrogens with zero attached hydrogens (tertiary/aromatic N) is 2. The number of carbonyl (C=O) groups excluding carboxylic acids is 1. The van der Waals surface area contributed by atoms with E-state index >= 15 is 0 Å². The van der Waals surface area contributed by atoms with Crippen molar-refractivity contribution in [2.45, 2.75) is 31.7 Å². The molecule has 1 aliphatic rings. The Morgan fingerprint density at radius 3 is 2.96 bits per heavy atom. The molecule has 0 saturated carbocycles. The van der Waals surface area contributed by atoms with E-state index in [1.807, 2.05) is 0 Å². The molecule has 1 N–H and O–H groups in total. The van der Waals surface area contributed by atoms with Crippen molar-refractivity contribution in [2.24, 2.45) is 0 Å². The van der Waals surface area contributed by atoms with Crippen LogP contribution in [-0.4, -0.2) is 40.1 Å². The smallest absolute Gasteiger partial charge is 0.416 e. The summed E-state index contributed by atoms with van der Waals surface area (Å²) in [5.74, 6) is -0.272. The van der Waals surface area contributed by atoms with Gasteiger partial charge in [-0.15, -0.1) is 0 Å². The minimum absolute atomic E-state index is 0.0186. The maximum absolute atomic E-state index is 12.7. The fourth-order valence-electron chi connectivity index (χ4n) is 2.68. The van der Waals surface area contributed by atoms with Crippen LogP contribution in [0.3, 0.4) is 0 Å². The number of β-amino-alcohol motifs (C(OH)–C–C–N with tert-alkyl or cyclic N) is 1. The average molecular weight is 370 g/mol. The molecule has 0 bridgehead atoms. The standard InChI is InChI=1S/C17H17F3N2O4/c18-17(19,20)11-3-1-5-13(7-11)25-10-15-21-14(9-26-15)16(24)22-6-2-4-12(23)8-22/h1,3,5,7,9,12,23H,2,4,6,8,10H2. The zero-order chi connectivity index (χ0) is 18.7. The van der Waals surface area contributed by atoms with E-state index < -0.39 is 17.8 Å². The minimum atomic E-state index is -4.46. The van der Waals surface area contributed by atoms with Crippen molar-refractivity contribution in [3.8, 4) is 5.75 Å². The fraction of sp³-hybridized carbons (Fsp3) is 0.412. The second-order valence-corrected chi connectivity index (χ2v) is 5.99. The Kier molecular flexibility index (Phi) is 5.17. The van der Waals surface area contributed by atoms with Gasteiger partial charge in [-0.3, -0.25) is 4.79 Å². The van der Waals surface area contributed by atoms with Gasteiger partial charge in [-0.05, 0) is 31.0 Å². The first-order valence-electron chi connectivity index (χ1n) is 8.05. The van der Waals surface area contributed by atoms with Gasteiger partial charge in [-0.1, -0.05) is 6.07 Å². The highest BCUT2D eigenvalue weighted by atomic mass is 19.4. The summed E-state index contributed by atoms with van der Waals surface area (Å²) in [4.78, 5) is 17.8. The lowest BCUT2D eigenvalue weighted by molar-refractivity contribution is -0.137. The average Bonchev–Trinajstić information content (AvgIpc) is 3.08. The summed E-state index contributed by atoms with van der Waals surface area (Å²) in [6, 6.07) is 4.45. The molecule has 2 aromatic rings. The largest absolute Gasteiger partial charge is 0.484 e. The molecule has 0 aliphatic carbocycles. The van der Waals surface area contributed by atoms with E-state index in [2.05, 4.69) is 4.98 Å². The lowest BCUT2D eigenvalue weighted by atomic mass is 10.1. The Morgan fingerprint density at radius 1 is 1.42 bits per heavy atom. The lowest BCUT2D eigenvalue weighted by Crippen LogP contribution is -2.42. The Labute approximate surface area is 147 Å². The Morgan fingerprint density at radius 2 is 2.23 bits per heavy atom. The van der Waals surface area contributed by atoms with Gasteiger partial charge >= 0.3 is 6.18 Å². The zero-order valence-electron chi connectivity index (χ0n) is 13.7. The van der Waals surface area contributed by atoms with Crippen LogP contribution in [0.4, 0.5) is 13.2 Å². The molecule has 9 heteroatoms. The molecule has 1 atom stereocenters. The molecule has 1 saturated heterocycles. The number of hydrogen-bond acceptors (Lipinski definition) is 5. The molecule has 0 radical (unpaired) electrons. The van der Waals surface area contributed by atoms with E-state index in [0.717, 1.165) is 12.1 Å². The summed E-state index contributed by atoms with van der Waals surface area (Å²) in [5, 5.41) is 9.63. The number of halogens is 3. The van der Waals surface area contributed by atoms with Gasteiger partial charge in [0.15, 0.2) is 12.3 Å². The monoisotopic (exact) mass is 370 g/mol. The summed E-state index contributed by atoms with van der Waals surface area (Å²) in [7, 11) is 0. The zero-order valence-corrected chi connectivity index (χ0v) is 13.7. The first-order valence-corrected chi connectivity index (χ1v) is 8.05. The number of benzene rings is 1. The van der Waals surface area contributed by atoms with Crippen molar-refractivity contribution >= 4 is 5.91 Å². The molecule has 0 spiro atoms. The number of aromatic nitrogens is 1. The normalized spacial score (nSPS) is 18.0. The molecule has 6 nitrogen and oxygen atoms in total. The highest BCUT2D eigenvalue weighted by molar-refractivity contribution is 5.92. The van der Waals surface area contributed by atoms with Crippen molar-refractivity contribution in [2.75, 3.05) is 13.1 Å². The van der Waals surface area contributed by atoms with Crippen LogP contribution >= 0.6 is 0 Å². The molecule has 26 heavy (non-hydrogen) atoms. The Hall–Kier alpha value is -2.55. The summed E-state index contributed by atoms with van der Waals surface area (Å²) in [6.45, 7) is 0.553. The van der Waals surface area contributed by atoms with Crippen LogP contribution in [-0.2, 0) is 12.8 Å². The summed E-state index contributed by atoms with van der Waals surface area (Å²) in [6.07, 6.45) is -2.48. The number of oxazole rings is 1. The fourth-order valence-corrected chi connectivity index (χ4v) is 2.68. The van der Waals surface area contributed by atoms with Crippen LogP contribution in [0.1, 0.15) is 34.8 Å². The van der Waals surface area contributed by atoms with E-state index in [9.17, 15) is 23.1 Å². The summed E-state index contributed by atoms with van der Waals surface area (Å²) in [5.41, 5.74) is -0.747. The van der Waals surface area contributed by atoms with Crippen LogP contribution in [0.15, 0.2) is 34.9 Å². The number of amides is 1. The van der Waals surface area contributed by atoms with Crippen LogP contribution < -0.4 is 4.74 Å². The van der Waals surface area contributed by atoms with Gasteiger partial charge < -0.3 is 19.2 Å². The van der Waals surface area contributed by atoms with Crippen LogP contribution in [0, 0.1) is 0 Å². The number of rotatable bonds is 4. The number of aliphatic hydroxyl groups is 1. The third-order valence-electron chi connectivity index (χ3n) is 3.98. The second kappa shape index (κ2) is 7.36. The van der Waals surface area contributed by atoms with Crippen molar-refractivity contribution < 1.29 is 32.2 Å². The number of ether oxygens (including phenoxy) is 1. The molecule has 1 fully saturated rings. The molecule has 1 aromatic heterocycles. The first kappa shape index (κ1) is 18.2. The van der Waals surface area contributed by atoms with Gasteiger partial charge in [0.25, 0.3) is 5.91 Å². The van der Waals surface area contributed by atoms with Crippen molar-refractivity contribution in [1.82, 2.24) is 9.88 Å². The van der Waals surface area contributed by atoms with E-state index in [-0.39, 0.29) is 36.4 Å². The predicted molar refractivity (Wildman–Crippen MR) is 83.4 cm³/mol. The van der Waals surface area contributed by atoms with E-state index in [1.54, 1.807) is 0 Å². The van der Waals surface area contributed by atoms with Gasteiger partial charge in [-0.25, -0.2) is 4.98 Å². The van der Waals surface area contributed by atoms with E-state index in [4.69, 9.17) is 9.15 Å². The number of hydrogen-bond donors (Lipinski definition) is 1. The van der Waals surface area contributed by atoms with Crippen LogP contribution in [0.5, 0.6) is 5.75 Å². The van der Waals surface area contributed by atoms with Crippen LogP contribution in [0.2, 0.25) is 0 Å². The Balaban J connectivity index is 1.61. The quantitative estimate of drug-likeness (QED) is 0.896. The number of piperidine rings is 1. The number of likely N-dealkylation sites (tertiary alicyclic amines) is 1. The first-order chi connectivity index (χ1) is 12.3. The second-order valence-electron chi connectivity index (χ2n) is 5.99. The molecule has 1 aliphatic heterocycles. The molecular weight excluding hydrogens is 353 g/mol. The molecule has 140 valence electrons. The van der Waals surface area contributed by atoms with Crippen molar-refractivity contribution in [3.63, 3.8) is 0 Å². The SMILES string of the molecule is O=C(c1coc(COc2cccc(C(F)(F)F)c2)n1)N1CCCC(O)C1. The van der Waals surface area contributed by atoms with Crippen molar-refractivity contribution in [3.05, 3.63) is 47.7 Å². The van der Waals surface area contributed by atoms with E-state index in [0.29, 0.717) is 19.4 Å². The highest BCUT2D eigenvalue weighted by Gasteiger charge is 2.30. The number of carbonyl (C=O) groups is 1. The Bertz CT molecular complexity index is 775. The van der Waals surface area contributed by atoms with Gasteiger partial charge in [0.1, 0.15) is 12.0 Å². The molecule has 2 heterocycles. The number of aliphatic hydroxyl groups excluding tert-OH is 1. The molecule has 1 amide bonds. The maximum Gasteiger partial charge on any atom is 0.416 e. The van der Waals surface area contributed by atoms with Crippen molar-refractivity contribution in [1.29, 1.82) is 0 Å². The highest BCUT2D eigenvalue weighted by Crippen LogP contribution is 2.31. The molecular formula is C17H17F3N2O4. The molecule has 1 aromatic carbocycles. The lowest BCUT2D eigenvalue weighted by Gasteiger charge is -2.29. The summed E-state index contributed by atoms with van der Waals surface area (Å²) < 4.78 is 48.5. The van der Waals surface area contributed by atoms with Gasteiger partial charge in [0, 0.05) is 13.1 Å². The molecule has 1 unspecified atom stereocenters. The van der Waals surface area contributed by atoms with Gasteiger partial charge in [-0.2, -0.15) is 13.2 Å². The van der Waals surface area contributed by atoms with Gasteiger partial charge in [0.2, 0.25) is 5.89 Å². The third-order valence-corrected chi connectivity index (χ3v) is 3.98. The van der Waals surface area contributed by atoms with Gasteiger partial charge in [0.05, 0.1) is 11.7 Å². The topological polar surface area (TPSA) is 75.8 Å². The van der Waals surface area contributed by atoms with E-state index in [1.165, 1.54) is 23.3 Å².